The van der Waals surface area contributed by atoms with E-state index in [0.29, 0.717) is 31.2 Å². The maximum atomic E-state index is 13.8. The van der Waals surface area contributed by atoms with Gasteiger partial charge in [-0.05, 0) is 80.7 Å². The third kappa shape index (κ3) is 12.0. The van der Waals surface area contributed by atoms with Crippen LogP contribution in [0.1, 0.15) is 96.5 Å². The van der Waals surface area contributed by atoms with Gasteiger partial charge in [-0.2, -0.15) is 0 Å². The summed E-state index contributed by atoms with van der Waals surface area (Å²) in [5.74, 6) is -1.71. The van der Waals surface area contributed by atoms with E-state index in [1.54, 1.807) is 26.0 Å². The fourth-order valence-corrected chi connectivity index (χ4v) is 5.21. The van der Waals surface area contributed by atoms with Gasteiger partial charge in [0, 0.05) is 32.6 Å². The summed E-state index contributed by atoms with van der Waals surface area (Å²) in [7, 11) is 5.03. The second kappa shape index (κ2) is 16.6. The highest BCUT2D eigenvalue weighted by Crippen LogP contribution is 2.28. The third-order valence-electron chi connectivity index (χ3n) is 7.85. The van der Waals surface area contributed by atoms with E-state index in [9.17, 15) is 19.2 Å². The SMILES string of the molecule is CCCC[C@@H](C[C@@H](CCc1ccc(-c2ccc(C(=O)N(C)C)cc2)cc1)C(=O)N[C@H](C(=O)NC)C(C)(C)C)C(=O)OC(C)(C)C. The van der Waals surface area contributed by atoms with Crippen LogP contribution in [0.25, 0.3) is 11.1 Å². The average molecular weight is 622 g/mol. The molecule has 248 valence electrons. The molecule has 0 fully saturated rings. The van der Waals surface area contributed by atoms with Gasteiger partial charge in [0.2, 0.25) is 11.8 Å². The zero-order valence-corrected chi connectivity index (χ0v) is 29.1. The Morgan fingerprint density at radius 1 is 0.800 bits per heavy atom. The van der Waals surface area contributed by atoms with Crippen LogP contribution in [0.15, 0.2) is 48.5 Å². The van der Waals surface area contributed by atoms with Crippen LogP contribution in [0.5, 0.6) is 0 Å². The number of carbonyl (C=O) groups excluding carboxylic acids is 4. The van der Waals surface area contributed by atoms with Crippen LogP contribution in [0.3, 0.4) is 0 Å². The van der Waals surface area contributed by atoms with Gasteiger partial charge >= 0.3 is 5.97 Å². The minimum Gasteiger partial charge on any atom is -0.460 e. The Morgan fingerprint density at radius 3 is 1.82 bits per heavy atom. The maximum Gasteiger partial charge on any atom is 0.309 e. The molecule has 0 saturated carbocycles. The van der Waals surface area contributed by atoms with Crippen molar-refractivity contribution < 1.29 is 23.9 Å². The lowest BCUT2D eigenvalue weighted by atomic mass is 9.83. The molecule has 0 saturated heterocycles. The summed E-state index contributed by atoms with van der Waals surface area (Å²) in [6.07, 6.45) is 3.92. The van der Waals surface area contributed by atoms with Gasteiger partial charge in [0.05, 0.1) is 5.92 Å². The van der Waals surface area contributed by atoms with Crippen molar-refractivity contribution in [3.05, 3.63) is 59.7 Å². The second-order valence-corrected chi connectivity index (χ2v) is 14.2. The first-order valence-electron chi connectivity index (χ1n) is 16.1. The first-order valence-corrected chi connectivity index (χ1v) is 16.1. The Hall–Kier alpha value is -3.68. The number of amides is 3. The van der Waals surface area contributed by atoms with Crippen LogP contribution in [-0.4, -0.2) is 61.4 Å². The van der Waals surface area contributed by atoms with Crippen molar-refractivity contribution in [2.24, 2.45) is 17.3 Å². The molecule has 2 rings (SSSR count). The molecule has 0 aliphatic rings. The van der Waals surface area contributed by atoms with Crippen LogP contribution in [0, 0.1) is 17.3 Å². The fourth-order valence-electron chi connectivity index (χ4n) is 5.21. The van der Waals surface area contributed by atoms with Gasteiger partial charge in [0.1, 0.15) is 11.6 Å². The summed E-state index contributed by atoms with van der Waals surface area (Å²) in [5.41, 5.74) is 2.61. The number of hydrogen-bond donors (Lipinski definition) is 2. The summed E-state index contributed by atoms with van der Waals surface area (Å²) in [6, 6.07) is 15.0. The molecule has 0 aliphatic carbocycles. The van der Waals surface area contributed by atoms with E-state index in [1.165, 1.54) is 0 Å². The molecule has 0 unspecified atom stereocenters. The van der Waals surface area contributed by atoms with E-state index < -0.39 is 28.9 Å². The maximum absolute atomic E-state index is 13.8. The van der Waals surface area contributed by atoms with E-state index in [4.69, 9.17) is 4.74 Å². The minimum atomic E-state index is -0.716. The smallest absolute Gasteiger partial charge is 0.309 e. The van der Waals surface area contributed by atoms with Crippen molar-refractivity contribution in [1.29, 1.82) is 0 Å². The number of unbranched alkanes of at least 4 members (excludes halogenated alkanes) is 1. The van der Waals surface area contributed by atoms with Crippen LogP contribution in [0.4, 0.5) is 0 Å². The average Bonchev–Trinajstić information content (AvgIpc) is 2.97. The van der Waals surface area contributed by atoms with Crippen LogP contribution in [0.2, 0.25) is 0 Å². The zero-order chi connectivity index (χ0) is 33.9. The third-order valence-corrected chi connectivity index (χ3v) is 7.85. The predicted octanol–water partition coefficient (Wildman–Crippen LogP) is 6.42. The van der Waals surface area contributed by atoms with Crippen molar-refractivity contribution in [2.45, 2.75) is 98.6 Å². The molecular weight excluding hydrogens is 566 g/mol. The number of hydrogen-bond acceptors (Lipinski definition) is 5. The van der Waals surface area contributed by atoms with Crippen molar-refractivity contribution in [3.63, 3.8) is 0 Å². The van der Waals surface area contributed by atoms with Crippen molar-refractivity contribution in [1.82, 2.24) is 15.5 Å². The Kier molecular flexibility index (Phi) is 13.8. The number of ether oxygens (including phenoxy) is 1. The van der Waals surface area contributed by atoms with E-state index >= 15 is 0 Å². The number of benzene rings is 2. The normalized spacial score (nSPS) is 13.7. The molecule has 0 spiro atoms. The largest absolute Gasteiger partial charge is 0.460 e. The predicted molar refractivity (Wildman–Crippen MR) is 181 cm³/mol. The molecule has 8 nitrogen and oxygen atoms in total. The van der Waals surface area contributed by atoms with E-state index in [-0.39, 0.29) is 23.7 Å². The van der Waals surface area contributed by atoms with Gasteiger partial charge in [-0.1, -0.05) is 76.9 Å². The Morgan fingerprint density at radius 2 is 1.36 bits per heavy atom. The Balaban J connectivity index is 2.29. The zero-order valence-electron chi connectivity index (χ0n) is 29.1. The van der Waals surface area contributed by atoms with Crippen LogP contribution >= 0.6 is 0 Å². The fraction of sp³-hybridized carbons (Fsp3) is 0.568. The summed E-state index contributed by atoms with van der Waals surface area (Å²) in [6.45, 7) is 13.4. The Labute approximate surface area is 270 Å². The molecule has 3 atom stereocenters. The summed E-state index contributed by atoms with van der Waals surface area (Å²) < 4.78 is 5.76. The molecule has 0 aromatic heterocycles. The lowest BCUT2D eigenvalue weighted by Crippen LogP contribution is -2.54. The van der Waals surface area contributed by atoms with Gasteiger partial charge in [-0.25, -0.2) is 0 Å². The molecule has 0 aliphatic heterocycles. The lowest BCUT2D eigenvalue weighted by Gasteiger charge is -2.32. The number of nitrogens with zero attached hydrogens (tertiary/aromatic N) is 1. The second-order valence-electron chi connectivity index (χ2n) is 14.2. The number of aryl methyl sites for hydroxylation is 1. The standard InChI is InChI=1S/C37H55N3O5/c1-11-12-13-30(35(44)45-37(5,6)7)24-29(32(41)39-31(33(42)38-8)36(2,3)4)19-16-25-14-17-26(18-15-25)27-20-22-28(23-21-27)34(43)40(9)10/h14-15,17-18,20-23,29-31H,11-13,16,19,24H2,1-10H3,(H,38,42)(H,39,41)/t29-,30+,31-/m1/s1. The lowest BCUT2D eigenvalue weighted by molar-refractivity contribution is -0.161. The molecule has 0 bridgehead atoms. The number of esters is 1. The number of rotatable bonds is 14. The summed E-state index contributed by atoms with van der Waals surface area (Å²) in [5, 5.41) is 5.68. The molecule has 45 heavy (non-hydrogen) atoms. The quantitative estimate of drug-likeness (QED) is 0.237. The molecular formula is C37H55N3O5. The molecule has 0 radical (unpaired) electrons. The number of carbonyl (C=O) groups is 4. The van der Waals surface area contributed by atoms with E-state index in [2.05, 4.69) is 17.6 Å². The number of nitrogens with one attached hydrogen (secondary N) is 2. The topological polar surface area (TPSA) is 105 Å². The monoisotopic (exact) mass is 621 g/mol. The molecule has 2 aromatic carbocycles. The van der Waals surface area contributed by atoms with Crippen molar-refractivity contribution in [3.8, 4) is 11.1 Å². The van der Waals surface area contributed by atoms with Crippen LogP contribution in [-0.2, 0) is 25.5 Å². The van der Waals surface area contributed by atoms with Gasteiger partial charge in [-0.15, -0.1) is 0 Å². The first-order chi connectivity index (χ1) is 21.0. The number of likely N-dealkylation sites (N-methyl/N-ethyl adjacent to an activating group) is 1. The first kappa shape index (κ1) is 37.5. The van der Waals surface area contributed by atoms with Gasteiger partial charge in [0.15, 0.2) is 0 Å². The summed E-state index contributed by atoms with van der Waals surface area (Å²) >= 11 is 0. The highest BCUT2D eigenvalue weighted by molar-refractivity contribution is 5.94. The van der Waals surface area contributed by atoms with Gasteiger partial charge in [0.25, 0.3) is 5.91 Å². The molecule has 3 amide bonds. The van der Waals surface area contributed by atoms with Crippen molar-refractivity contribution >= 4 is 23.7 Å². The Bertz CT molecular complexity index is 1270. The summed E-state index contributed by atoms with van der Waals surface area (Å²) in [4.78, 5) is 53.6. The van der Waals surface area contributed by atoms with Crippen LogP contribution < -0.4 is 10.6 Å². The molecule has 2 aromatic rings. The molecule has 0 heterocycles. The van der Waals surface area contributed by atoms with Gasteiger partial charge in [-0.3, -0.25) is 19.2 Å². The minimum absolute atomic E-state index is 0.0387. The van der Waals surface area contributed by atoms with E-state index in [0.717, 1.165) is 29.5 Å². The molecule has 2 N–H and O–H groups in total. The molecule has 8 heteroatoms. The highest BCUT2D eigenvalue weighted by Gasteiger charge is 2.36. The highest BCUT2D eigenvalue weighted by atomic mass is 16.6. The van der Waals surface area contributed by atoms with E-state index in [1.807, 2.05) is 90.1 Å². The van der Waals surface area contributed by atoms with Gasteiger partial charge < -0.3 is 20.3 Å². The van der Waals surface area contributed by atoms with Crippen molar-refractivity contribution in [2.75, 3.05) is 21.1 Å².